The van der Waals surface area contributed by atoms with Gasteiger partial charge in [-0.05, 0) is 18.6 Å². The molecule has 1 N–H and O–H groups in total. The van der Waals surface area contributed by atoms with Crippen molar-refractivity contribution in [3.05, 3.63) is 36.2 Å². The summed E-state index contributed by atoms with van der Waals surface area (Å²) in [4.78, 5) is 16.3. The fourth-order valence-electron chi connectivity index (χ4n) is 2.05. The standard InChI is InChI=1S/C16H21N3O2S/c1-2-3-4-7-10-22-16-17-12-19(18-16)11-15(21)13-8-5-6-9-14(13)20/h5-6,8-9,12,20H,2-4,7,10-11H2,1H3. The van der Waals surface area contributed by atoms with Crippen molar-refractivity contribution in [2.24, 2.45) is 0 Å². The van der Waals surface area contributed by atoms with Gasteiger partial charge < -0.3 is 5.11 Å². The molecule has 2 rings (SSSR count). The Labute approximate surface area is 134 Å². The molecular formula is C16H21N3O2S. The SMILES string of the molecule is CCCCCCSc1ncn(CC(=O)c2ccccc2O)n1. The molecular weight excluding hydrogens is 298 g/mol. The molecule has 0 saturated heterocycles. The molecule has 0 amide bonds. The summed E-state index contributed by atoms with van der Waals surface area (Å²) in [6.45, 7) is 2.28. The van der Waals surface area contributed by atoms with Crippen molar-refractivity contribution >= 4 is 17.5 Å². The van der Waals surface area contributed by atoms with Crippen LogP contribution in [0.1, 0.15) is 43.0 Å². The van der Waals surface area contributed by atoms with Gasteiger partial charge in [0.05, 0.1) is 5.56 Å². The topological polar surface area (TPSA) is 68.0 Å². The molecule has 0 unspecified atom stereocenters. The predicted octanol–water partition coefficient (Wildman–Crippen LogP) is 3.54. The van der Waals surface area contributed by atoms with E-state index in [0.717, 1.165) is 12.2 Å². The second-order valence-electron chi connectivity index (χ2n) is 5.07. The Morgan fingerprint density at radius 2 is 2.09 bits per heavy atom. The number of nitrogens with zero attached hydrogens (tertiary/aromatic N) is 3. The highest BCUT2D eigenvalue weighted by Gasteiger charge is 2.12. The van der Waals surface area contributed by atoms with E-state index in [1.807, 2.05) is 0 Å². The summed E-state index contributed by atoms with van der Waals surface area (Å²) in [6, 6.07) is 6.53. The van der Waals surface area contributed by atoms with Gasteiger partial charge in [0.2, 0.25) is 5.16 Å². The van der Waals surface area contributed by atoms with Crippen molar-refractivity contribution in [1.82, 2.24) is 14.8 Å². The zero-order chi connectivity index (χ0) is 15.8. The number of phenolic OH excluding ortho intramolecular Hbond substituents is 1. The van der Waals surface area contributed by atoms with Gasteiger partial charge in [0.15, 0.2) is 5.78 Å². The number of thioether (sulfide) groups is 1. The lowest BCUT2D eigenvalue weighted by Crippen LogP contribution is -2.11. The van der Waals surface area contributed by atoms with E-state index in [2.05, 4.69) is 17.0 Å². The number of ketones is 1. The average Bonchev–Trinajstić information content (AvgIpc) is 2.95. The first-order chi connectivity index (χ1) is 10.7. The zero-order valence-corrected chi connectivity index (χ0v) is 13.6. The Morgan fingerprint density at radius 1 is 1.27 bits per heavy atom. The number of carbonyl (C=O) groups excluding carboxylic acids is 1. The van der Waals surface area contributed by atoms with Gasteiger partial charge in [0, 0.05) is 5.75 Å². The van der Waals surface area contributed by atoms with E-state index in [4.69, 9.17) is 0 Å². The number of aromatic hydroxyl groups is 1. The van der Waals surface area contributed by atoms with Crippen LogP contribution >= 0.6 is 11.8 Å². The minimum Gasteiger partial charge on any atom is -0.507 e. The Morgan fingerprint density at radius 3 is 2.86 bits per heavy atom. The molecule has 5 nitrogen and oxygen atoms in total. The maximum absolute atomic E-state index is 12.1. The molecule has 0 fully saturated rings. The zero-order valence-electron chi connectivity index (χ0n) is 12.7. The van der Waals surface area contributed by atoms with Crippen molar-refractivity contribution in [3.63, 3.8) is 0 Å². The minimum atomic E-state index is -0.178. The van der Waals surface area contributed by atoms with E-state index < -0.39 is 0 Å². The number of benzene rings is 1. The van der Waals surface area contributed by atoms with Crippen molar-refractivity contribution in [2.75, 3.05) is 5.75 Å². The highest BCUT2D eigenvalue weighted by Crippen LogP contribution is 2.18. The van der Waals surface area contributed by atoms with E-state index in [9.17, 15) is 9.90 Å². The third-order valence-electron chi connectivity index (χ3n) is 3.25. The van der Waals surface area contributed by atoms with Gasteiger partial charge in [-0.1, -0.05) is 50.1 Å². The molecule has 2 aromatic rings. The van der Waals surface area contributed by atoms with Crippen molar-refractivity contribution < 1.29 is 9.90 Å². The molecule has 0 atom stereocenters. The highest BCUT2D eigenvalue weighted by atomic mass is 32.2. The van der Waals surface area contributed by atoms with Crippen LogP contribution in [-0.2, 0) is 6.54 Å². The van der Waals surface area contributed by atoms with Crippen molar-refractivity contribution in [2.45, 2.75) is 44.3 Å². The van der Waals surface area contributed by atoms with Gasteiger partial charge >= 0.3 is 0 Å². The second kappa shape index (κ2) is 8.58. The predicted molar refractivity (Wildman–Crippen MR) is 87.3 cm³/mol. The molecule has 0 aliphatic carbocycles. The molecule has 22 heavy (non-hydrogen) atoms. The fourth-order valence-corrected chi connectivity index (χ4v) is 2.87. The van der Waals surface area contributed by atoms with Crippen molar-refractivity contribution in [3.8, 4) is 5.75 Å². The van der Waals surface area contributed by atoms with Crippen LogP contribution in [0.2, 0.25) is 0 Å². The number of rotatable bonds is 9. The summed E-state index contributed by atoms with van der Waals surface area (Å²) in [5.41, 5.74) is 0.312. The quantitative estimate of drug-likeness (QED) is 0.435. The monoisotopic (exact) mass is 319 g/mol. The van der Waals surface area contributed by atoms with Crippen LogP contribution in [0.15, 0.2) is 35.7 Å². The molecule has 0 aliphatic rings. The second-order valence-corrected chi connectivity index (χ2v) is 6.14. The van der Waals surface area contributed by atoms with E-state index in [1.54, 1.807) is 36.3 Å². The van der Waals surface area contributed by atoms with Crippen LogP contribution < -0.4 is 0 Å². The molecule has 0 radical (unpaired) electrons. The Hall–Kier alpha value is -1.82. The average molecular weight is 319 g/mol. The van der Waals surface area contributed by atoms with Crippen LogP contribution in [0.25, 0.3) is 0 Å². The van der Waals surface area contributed by atoms with E-state index in [0.29, 0.717) is 10.7 Å². The third-order valence-corrected chi connectivity index (χ3v) is 4.19. The summed E-state index contributed by atoms with van der Waals surface area (Å²) < 4.78 is 1.52. The molecule has 6 heteroatoms. The number of hydrogen-bond donors (Lipinski definition) is 1. The Balaban J connectivity index is 1.84. The maximum Gasteiger partial charge on any atom is 0.208 e. The van der Waals surface area contributed by atoms with Gasteiger partial charge in [-0.2, -0.15) is 0 Å². The lowest BCUT2D eigenvalue weighted by molar-refractivity contribution is 0.0964. The molecule has 1 aromatic heterocycles. The van der Waals surface area contributed by atoms with Crippen molar-refractivity contribution in [1.29, 1.82) is 0 Å². The van der Waals surface area contributed by atoms with Gasteiger partial charge in [0.1, 0.15) is 18.6 Å². The number of aromatic nitrogens is 3. The molecule has 0 aliphatic heterocycles. The number of unbranched alkanes of at least 4 members (excludes halogenated alkanes) is 3. The number of carbonyl (C=O) groups is 1. The van der Waals surface area contributed by atoms with Crippen LogP contribution in [0.4, 0.5) is 0 Å². The first-order valence-electron chi connectivity index (χ1n) is 7.54. The van der Waals surface area contributed by atoms with Gasteiger partial charge in [-0.15, -0.1) is 5.10 Å². The molecule has 0 saturated carbocycles. The smallest absolute Gasteiger partial charge is 0.208 e. The number of hydrogen-bond acceptors (Lipinski definition) is 5. The highest BCUT2D eigenvalue weighted by molar-refractivity contribution is 7.99. The third kappa shape index (κ3) is 4.87. The summed E-state index contributed by atoms with van der Waals surface area (Å²) in [7, 11) is 0. The first-order valence-corrected chi connectivity index (χ1v) is 8.52. The normalized spacial score (nSPS) is 10.8. The minimum absolute atomic E-state index is 0.00172. The number of phenols is 1. The molecule has 0 spiro atoms. The summed E-state index contributed by atoms with van der Waals surface area (Å²) >= 11 is 1.61. The number of Topliss-reactive ketones (excluding diaryl/α,β-unsaturated/α-hetero) is 1. The van der Waals surface area contributed by atoms with Crippen LogP contribution in [0.3, 0.4) is 0 Å². The van der Waals surface area contributed by atoms with E-state index in [1.165, 1.54) is 30.0 Å². The van der Waals surface area contributed by atoms with E-state index in [-0.39, 0.29) is 18.1 Å². The van der Waals surface area contributed by atoms with Gasteiger partial charge in [0.25, 0.3) is 0 Å². The summed E-state index contributed by atoms with van der Waals surface area (Å²) in [5.74, 6) is 0.817. The molecule has 0 bridgehead atoms. The number of para-hydroxylation sites is 1. The maximum atomic E-state index is 12.1. The Bertz CT molecular complexity index is 613. The molecule has 1 aromatic carbocycles. The summed E-state index contributed by atoms with van der Waals surface area (Å²) in [5, 5.41) is 14.7. The van der Waals surface area contributed by atoms with Crippen LogP contribution in [0, 0.1) is 0 Å². The lowest BCUT2D eigenvalue weighted by atomic mass is 10.1. The molecule has 118 valence electrons. The lowest BCUT2D eigenvalue weighted by Gasteiger charge is -2.03. The van der Waals surface area contributed by atoms with E-state index >= 15 is 0 Å². The summed E-state index contributed by atoms with van der Waals surface area (Å²) in [6.07, 6.45) is 6.44. The Kier molecular flexibility index (Phi) is 6.45. The van der Waals surface area contributed by atoms with Crippen LogP contribution in [-0.4, -0.2) is 31.4 Å². The fraction of sp³-hybridized carbons (Fsp3) is 0.438. The first kappa shape index (κ1) is 16.5. The van der Waals surface area contributed by atoms with Gasteiger partial charge in [-0.25, -0.2) is 9.67 Å². The largest absolute Gasteiger partial charge is 0.507 e. The van der Waals surface area contributed by atoms with Crippen LogP contribution in [0.5, 0.6) is 5.75 Å². The molecule has 1 heterocycles. The van der Waals surface area contributed by atoms with Gasteiger partial charge in [-0.3, -0.25) is 4.79 Å².